The van der Waals surface area contributed by atoms with Crippen LogP contribution in [0.2, 0.25) is 0 Å². The SMILES string of the molecule is Cc1cn(CC(F)(F)F)nc1I.Cc1cn[nH]c1I. The van der Waals surface area contributed by atoms with Crippen molar-refractivity contribution in [2.24, 2.45) is 0 Å². The Balaban J connectivity index is 0.000000218. The lowest BCUT2D eigenvalue weighted by Crippen LogP contribution is -2.17. The van der Waals surface area contributed by atoms with E-state index in [1.807, 2.05) is 35.7 Å². The quantitative estimate of drug-likeness (QED) is 0.611. The van der Waals surface area contributed by atoms with Crippen LogP contribution < -0.4 is 0 Å². The summed E-state index contributed by atoms with van der Waals surface area (Å²) in [5.41, 5.74) is 1.97. The average molecular weight is 498 g/mol. The van der Waals surface area contributed by atoms with E-state index < -0.39 is 12.7 Å². The molecule has 0 fully saturated rings. The molecule has 0 spiro atoms. The Morgan fingerprint density at radius 1 is 1.26 bits per heavy atom. The van der Waals surface area contributed by atoms with Gasteiger partial charge in [0.05, 0.1) is 9.90 Å². The molecule has 2 aromatic rings. The van der Waals surface area contributed by atoms with Gasteiger partial charge in [-0.3, -0.25) is 9.78 Å². The van der Waals surface area contributed by atoms with Crippen LogP contribution in [0.3, 0.4) is 0 Å². The Labute approximate surface area is 135 Å². The molecule has 0 aliphatic heterocycles. The number of alkyl halides is 3. The molecule has 9 heteroatoms. The molecule has 0 amide bonds. The fourth-order valence-corrected chi connectivity index (χ4v) is 1.79. The zero-order valence-electron chi connectivity index (χ0n) is 10.1. The molecule has 19 heavy (non-hydrogen) atoms. The van der Waals surface area contributed by atoms with Crippen LogP contribution in [0.15, 0.2) is 12.4 Å². The van der Waals surface area contributed by atoms with E-state index in [0.717, 1.165) is 13.9 Å². The van der Waals surface area contributed by atoms with Gasteiger partial charge in [0.15, 0.2) is 0 Å². The molecule has 0 atom stereocenters. The third-order valence-electron chi connectivity index (χ3n) is 1.99. The van der Waals surface area contributed by atoms with Crippen molar-refractivity contribution in [1.82, 2.24) is 20.0 Å². The zero-order valence-corrected chi connectivity index (χ0v) is 14.4. The van der Waals surface area contributed by atoms with Gasteiger partial charge in [0.25, 0.3) is 0 Å². The molecule has 0 aliphatic carbocycles. The smallest absolute Gasteiger partial charge is 0.272 e. The Hall–Kier alpha value is -0.330. The van der Waals surface area contributed by atoms with Crippen molar-refractivity contribution in [2.45, 2.75) is 26.6 Å². The second-order valence-electron chi connectivity index (χ2n) is 3.78. The highest BCUT2D eigenvalue weighted by atomic mass is 127. The third kappa shape index (κ3) is 6.10. The average Bonchev–Trinajstić information content (AvgIpc) is 2.74. The summed E-state index contributed by atoms with van der Waals surface area (Å²) in [6.07, 6.45) is -1.00. The molecule has 106 valence electrons. The first-order valence-corrected chi connectivity index (χ1v) is 7.26. The van der Waals surface area contributed by atoms with E-state index in [0.29, 0.717) is 3.70 Å². The molecular formula is C10H11F3I2N4. The molecule has 2 heterocycles. The number of aromatic amines is 1. The molecule has 2 rings (SSSR count). The first kappa shape index (κ1) is 16.7. The lowest BCUT2D eigenvalue weighted by Gasteiger charge is -2.04. The highest BCUT2D eigenvalue weighted by Gasteiger charge is 2.28. The number of nitrogens with one attached hydrogen (secondary N) is 1. The molecular weight excluding hydrogens is 487 g/mol. The number of halogens is 5. The number of aryl methyl sites for hydroxylation is 2. The van der Waals surface area contributed by atoms with Crippen molar-refractivity contribution in [3.8, 4) is 0 Å². The Morgan fingerprint density at radius 3 is 2.16 bits per heavy atom. The second-order valence-corrected chi connectivity index (χ2v) is 5.88. The van der Waals surface area contributed by atoms with E-state index in [9.17, 15) is 13.2 Å². The summed E-state index contributed by atoms with van der Waals surface area (Å²) in [7, 11) is 0. The molecule has 0 radical (unpaired) electrons. The minimum Gasteiger partial charge on any atom is -0.272 e. The van der Waals surface area contributed by atoms with Gasteiger partial charge in [-0.15, -0.1) is 0 Å². The van der Waals surface area contributed by atoms with Crippen LogP contribution in [-0.2, 0) is 6.54 Å². The first-order valence-electron chi connectivity index (χ1n) is 5.11. The Morgan fingerprint density at radius 2 is 1.89 bits per heavy atom. The fourth-order valence-electron chi connectivity index (χ4n) is 1.09. The van der Waals surface area contributed by atoms with E-state index in [1.54, 1.807) is 6.92 Å². The van der Waals surface area contributed by atoms with Crippen LogP contribution in [0.4, 0.5) is 13.2 Å². The molecule has 4 nitrogen and oxygen atoms in total. The number of aromatic nitrogens is 4. The van der Waals surface area contributed by atoms with Gasteiger partial charge in [0.2, 0.25) is 0 Å². The van der Waals surface area contributed by atoms with E-state index in [2.05, 4.69) is 37.9 Å². The summed E-state index contributed by atoms with van der Waals surface area (Å²) < 4.78 is 38.1. The van der Waals surface area contributed by atoms with Gasteiger partial charge in [0.1, 0.15) is 10.2 Å². The van der Waals surface area contributed by atoms with Crippen molar-refractivity contribution in [3.63, 3.8) is 0 Å². The van der Waals surface area contributed by atoms with Gasteiger partial charge in [-0.05, 0) is 59.0 Å². The second kappa shape index (κ2) is 6.90. The van der Waals surface area contributed by atoms with Gasteiger partial charge in [-0.25, -0.2) is 0 Å². The van der Waals surface area contributed by atoms with E-state index in [4.69, 9.17) is 0 Å². The summed E-state index contributed by atoms with van der Waals surface area (Å²) in [6.45, 7) is 2.73. The molecule has 0 aromatic carbocycles. The van der Waals surface area contributed by atoms with E-state index >= 15 is 0 Å². The van der Waals surface area contributed by atoms with Gasteiger partial charge >= 0.3 is 6.18 Å². The number of H-pyrrole nitrogens is 1. The molecule has 0 saturated carbocycles. The highest BCUT2D eigenvalue weighted by Crippen LogP contribution is 2.18. The third-order valence-corrected chi connectivity index (χ3v) is 4.15. The Kier molecular flexibility index (Phi) is 6.08. The zero-order chi connectivity index (χ0) is 14.6. The van der Waals surface area contributed by atoms with Gasteiger partial charge in [-0.1, -0.05) is 0 Å². The van der Waals surface area contributed by atoms with E-state index in [-0.39, 0.29) is 0 Å². The van der Waals surface area contributed by atoms with Crippen molar-refractivity contribution in [2.75, 3.05) is 0 Å². The largest absolute Gasteiger partial charge is 0.408 e. The summed E-state index contributed by atoms with van der Waals surface area (Å²) in [5.74, 6) is 0. The van der Waals surface area contributed by atoms with Crippen LogP contribution >= 0.6 is 45.2 Å². The summed E-state index contributed by atoms with van der Waals surface area (Å²) in [6, 6.07) is 0. The van der Waals surface area contributed by atoms with Crippen LogP contribution in [0.5, 0.6) is 0 Å². The standard InChI is InChI=1S/C6H6F3IN2.C4H5IN2/c1-4-2-12(11-5(4)10)3-6(7,8)9;1-3-2-6-7-4(3)5/h2H,3H2,1H3;2H,1H3,(H,6,7). The topological polar surface area (TPSA) is 46.5 Å². The maximum absolute atomic E-state index is 11.8. The maximum atomic E-state index is 11.8. The lowest BCUT2D eigenvalue weighted by molar-refractivity contribution is -0.142. The number of rotatable bonds is 1. The fraction of sp³-hybridized carbons (Fsp3) is 0.400. The van der Waals surface area contributed by atoms with Gasteiger partial charge < -0.3 is 0 Å². The minimum atomic E-state index is -4.19. The van der Waals surface area contributed by atoms with Crippen molar-refractivity contribution >= 4 is 45.2 Å². The van der Waals surface area contributed by atoms with Crippen molar-refractivity contribution < 1.29 is 13.2 Å². The molecule has 0 unspecified atom stereocenters. The van der Waals surface area contributed by atoms with Gasteiger partial charge in [0, 0.05) is 17.3 Å². The predicted molar refractivity (Wildman–Crippen MR) is 81.8 cm³/mol. The normalized spacial score (nSPS) is 11.1. The monoisotopic (exact) mass is 498 g/mol. The van der Waals surface area contributed by atoms with Crippen molar-refractivity contribution in [3.05, 3.63) is 30.9 Å². The predicted octanol–water partition coefficient (Wildman–Crippen LogP) is 3.68. The minimum absolute atomic E-state index is 0.608. The first-order chi connectivity index (χ1) is 8.69. The molecule has 0 saturated heterocycles. The molecule has 1 N–H and O–H groups in total. The number of hydrogen-bond donors (Lipinski definition) is 1. The van der Waals surface area contributed by atoms with Crippen LogP contribution in [-0.4, -0.2) is 26.2 Å². The maximum Gasteiger partial charge on any atom is 0.408 e. The summed E-state index contributed by atoms with van der Waals surface area (Å²) in [4.78, 5) is 0. The van der Waals surface area contributed by atoms with Gasteiger partial charge in [-0.2, -0.15) is 23.4 Å². The number of hydrogen-bond acceptors (Lipinski definition) is 2. The van der Waals surface area contributed by atoms with E-state index in [1.165, 1.54) is 11.8 Å². The van der Waals surface area contributed by atoms with Crippen molar-refractivity contribution in [1.29, 1.82) is 0 Å². The molecule has 2 aromatic heterocycles. The molecule has 0 bridgehead atoms. The van der Waals surface area contributed by atoms with Crippen LogP contribution in [0, 0.1) is 21.2 Å². The lowest BCUT2D eigenvalue weighted by atomic mass is 10.4. The summed E-state index contributed by atoms with van der Waals surface area (Å²) in [5, 5.41) is 10.3. The molecule has 0 aliphatic rings. The van der Waals surface area contributed by atoms with Crippen LogP contribution in [0.25, 0.3) is 0 Å². The van der Waals surface area contributed by atoms with Crippen LogP contribution in [0.1, 0.15) is 11.1 Å². The Bertz CT molecular complexity index is 497. The summed E-state index contributed by atoms with van der Waals surface area (Å²) >= 11 is 4.10. The highest BCUT2D eigenvalue weighted by molar-refractivity contribution is 14.1. The number of nitrogens with zero attached hydrogens (tertiary/aromatic N) is 3.